The van der Waals surface area contributed by atoms with E-state index in [-0.39, 0.29) is 0 Å². The number of rotatable bonds is 10. The maximum absolute atomic E-state index is 12.8. The van der Waals surface area contributed by atoms with Crippen molar-refractivity contribution < 1.29 is 18.9 Å². The molecule has 136 valence electrons. The Balaban J connectivity index is 2.05. The summed E-state index contributed by atoms with van der Waals surface area (Å²) in [4.78, 5) is 10.5. The van der Waals surface area contributed by atoms with Crippen molar-refractivity contribution in [2.24, 2.45) is 0 Å². The molecule has 0 atom stereocenters. The summed E-state index contributed by atoms with van der Waals surface area (Å²) in [6.45, 7) is 5.53. The van der Waals surface area contributed by atoms with Crippen LogP contribution in [0, 0.1) is 0 Å². The predicted octanol–water partition coefficient (Wildman–Crippen LogP) is 4.27. The molecule has 0 aliphatic heterocycles. The largest absolute Gasteiger partial charge is 0.494 e. The fraction of sp³-hybridized carbons (Fsp3) is 0.400. The van der Waals surface area contributed by atoms with Gasteiger partial charge in [-0.1, -0.05) is 26.7 Å². The number of unbranched alkanes of at least 4 members (excludes halogenated alkanes) is 2. The van der Waals surface area contributed by atoms with Gasteiger partial charge in [0.25, 0.3) is 7.37 Å². The van der Waals surface area contributed by atoms with Gasteiger partial charge in [-0.25, -0.2) is 0 Å². The molecule has 0 aliphatic rings. The molecule has 2 aromatic rings. The van der Waals surface area contributed by atoms with Gasteiger partial charge in [-0.05, 0) is 61.4 Å². The topological polar surface area (TPSA) is 55.8 Å². The summed E-state index contributed by atoms with van der Waals surface area (Å²) in [5.74, 6) is 1.44. The molecule has 0 unspecified atom stereocenters. The second kappa shape index (κ2) is 9.65. The molecular weight excluding hydrogens is 335 g/mol. The summed E-state index contributed by atoms with van der Waals surface area (Å²) >= 11 is 0. The fourth-order valence-corrected chi connectivity index (χ4v) is 3.71. The van der Waals surface area contributed by atoms with Crippen LogP contribution in [0.1, 0.15) is 39.5 Å². The van der Waals surface area contributed by atoms with Crippen molar-refractivity contribution in [3.05, 3.63) is 48.5 Å². The molecule has 0 heterocycles. The van der Waals surface area contributed by atoms with Crippen LogP contribution >= 0.6 is 7.37 Å². The second-order valence-electron chi connectivity index (χ2n) is 5.97. The van der Waals surface area contributed by atoms with Gasteiger partial charge in [-0.3, -0.25) is 4.57 Å². The third-order valence-electron chi connectivity index (χ3n) is 3.91. The van der Waals surface area contributed by atoms with Crippen molar-refractivity contribution in [3.63, 3.8) is 0 Å². The highest BCUT2D eigenvalue weighted by Gasteiger charge is 2.24. The molecule has 0 bridgehead atoms. The average Bonchev–Trinajstić information content (AvgIpc) is 2.63. The van der Waals surface area contributed by atoms with Crippen molar-refractivity contribution in [2.45, 2.75) is 39.5 Å². The smallest absolute Gasteiger partial charge is 0.258 e. The molecule has 4 nitrogen and oxygen atoms in total. The minimum atomic E-state index is -3.61. The zero-order valence-corrected chi connectivity index (χ0v) is 15.9. The maximum Gasteiger partial charge on any atom is 0.258 e. The zero-order chi connectivity index (χ0) is 18.1. The predicted molar refractivity (Wildman–Crippen MR) is 103 cm³/mol. The van der Waals surface area contributed by atoms with E-state index < -0.39 is 7.37 Å². The Morgan fingerprint density at radius 3 is 1.44 bits per heavy atom. The monoisotopic (exact) mass is 362 g/mol. The molecule has 25 heavy (non-hydrogen) atoms. The Morgan fingerprint density at radius 1 is 0.760 bits per heavy atom. The van der Waals surface area contributed by atoms with Gasteiger partial charge in [-0.15, -0.1) is 0 Å². The third kappa shape index (κ3) is 5.62. The molecule has 0 aliphatic carbocycles. The molecular formula is C20H27O4P. The van der Waals surface area contributed by atoms with Gasteiger partial charge in [0.05, 0.1) is 13.2 Å². The fourth-order valence-electron chi connectivity index (χ4n) is 2.31. The zero-order valence-electron chi connectivity index (χ0n) is 15.0. The molecule has 0 saturated carbocycles. The van der Waals surface area contributed by atoms with Gasteiger partial charge >= 0.3 is 0 Å². The van der Waals surface area contributed by atoms with E-state index >= 15 is 0 Å². The Kier molecular flexibility index (Phi) is 7.54. The van der Waals surface area contributed by atoms with Crippen LogP contribution in [0.5, 0.6) is 11.5 Å². The molecule has 0 spiro atoms. The van der Waals surface area contributed by atoms with Crippen LogP contribution in [-0.4, -0.2) is 18.1 Å². The lowest BCUT2D eigenvalue weighted by atomic mass is 10.3. The van der Waals surface area contributed by atoms with Crippen molar-refractivity contribution in [3.8, 4) is 11.5 Å². The van der Waals surface area contributed by atoms with E-state index in [4.69, 9.17) is 9.47 Å². The standard InChI is InChI=1S/C20H27O4P/c1-3-5-15-23-17-7-11-19(12-8-17)25(21,22)20-13-9-18(10-14-20)24-16-6-4-2/h7-14H,3-6,15-16H2,1-2H3,(H,21,22). The molecule has 1 N–H and O–H groups in total. The Bertz CT molecular complexity index is 622. The number of ether oxygens (including phenoxy) is 2. The van der Waals surface area contributed by atoms with Gasteiger partial charge in [0.2, 0.25) is 0 Å². The summed E-state index contributed by atoms with van der Waals surface area (Å²) < 4.78 is 24.0. The van der Waals surface area contributed by atoms with Crippen LogP contribution < -0.4 is 20.1 Å². The van der Waals surface area contributed by atoms with Gasteiger partial charge in [0, 0.05) is 10.6 Å². The van der Waals surface area contributed by atoms with Crippen LogP contribution in [0.2, 0.25) is 0 Å². The van der Waals surface area contributed by atoms with E-state index in [1.54, 1.807) is 48.5 Å². The molecule has 0 fully saturated rings. The van der Waals surface area contributed by atoms with Gasteiger partial charge in [0.1, 0.15) is 11.5 Å². The normalized spacial score (nSPS) is 11.3. The van der Waals surface area contributed by atoms with Crippen molar-refractivity contribution in [1.82, 2.24) is 0 Å². The molecule has 0 amide bonds. The number of hydrogen-bond donors (Lipinski definition) is 1. The maximum atomic E-state index is 12.8. The first kappa shape index (κ1) is 19.6. The summed E-state index contributed by atoms with van der Waals surface area (Å²) in [5, 5.41) is 0.796. The first-order chi connectivity index (χ1) is 12.1. The van der Waals surface area contributed by atoms with Crippen molar-refractivity contribution in [1.29, 1.82) is 0 Å². The molecule has 5 heteroatoms. The average molecular weight is 362 g/mol. The van der Waals surface area contributed by atoms with Crippen LogP contribution in [0.25, 0.3) is 0 Å². The minimum Gasteiger partial charge on any atom is -0.494 e. The molecule has 0 radical (unpaired) electrons. The lowest BCUT2D eigenvalue weighted by Gasteiger charge is -2.14. The van der Waals surface area contributed by atoms with E-state index in [2.05, 4.69) is 13.8 Å². The Labute approximate surface area is 150 Å². The highest BCUT2D eigenvalue weighted by Crippen LogP contribution is 2.38. The van der Waals surface area contributed by atoms with Crippen LogP contribution in [0.4, 0.5) is 0 Å². The van der Waals surface area contributed by atoms with Gasteiger partial charge in [0.15, 0.2) is 0 Å². The van der Waals surface area contributed by atoms with Crippen LogP contribution in [-0.2, 0) is 4.57 Å². The van der Waals surface area contributed by atoms with E-state index in [1.165, 1.54) is 0 Å². The Morgan fingerprint density at radius 2 is 1.12 bits per heavy atom. The van der Waals surface area contributed by atoms with E-state index in [0.29, 0.717) is 23.8 Å². The van der Waals surface area contributed by atoms with E-state index in [9.17, 15) is 9.46 Å². The lowest BCUT2D eigenvalue weighted by Crippen LogP contribution is -2.15. The highest BCUT2D eigenvalue weighted by molar-refractivity contribution is 7.73. The second-order valence-corrected chi connectivity index (χ2v) is 8.15. The highest BCUT2D eigenvalue weighted by atomic mass is 31.2. The lowest BCUT2D eigenvalue weighted by molar-refractivity contribution is 0.309. The molecule has 2 rings (SSSR count). The SMILES string of the molecule is CCCCOc1ccc(P(=O)(O)c2ccc(OCCCC)cc2)cc1. The van der Waals surface area contributed by atoms with Crippen LogP contribution in [0.15, 0.2) is 48.5 Å². The Hall–Kier alpha value is -1.77. The molecule has 2 aromatic carbocycles. The first-order valence-corrected chi connectivity index (χ1v) is 10.5. The number of benzene rings is 2. The van der Waals surface area contributed by atoms with Gasteiger partial charge in [-0.2, -0.15) is 0 Å². The molecule has 0 saturated heterocycles. The summed E-state index contributed by atoms with van der Waals surface area (Å²) in [7, 11) is -3.61. The minimum absolute atomic E-state index is 0.398. The van der Waals surface area contributed by atoms with E-state index in [1.807, 2.05) is 0 Å². The van der Waals surface area contributed by atoms with Crippen LogP contribution in [0.3, 0.4) is 0 Å². The van der Waals surface area contributed by atoms with Gasteiger partial charge < -0.3 is 14.4 Å². The molecule has 0 aromatic heterocycles. The van der Waals surface area contributed by atoms with Crippen molar-refractivity contribution in [2.75, 3.05) is 13.2 Å². The van der Waals surface area contributed by atoms with Crippen molar-refractivity contribution >= 4 is 18.0 Å². The summed E-state index contributed by atoms with van der Waals surface area (Å²) in [6.07, 6.45) is 4.13. The quantitative estimate of drug-likeness (QED) is 0.507. The summed E-state index contributed by atoms with van der Waals surface area (Å²) in [6, 6.07) is 13.6. The first-order valence-electron chi connectivity index (χ1n) is 8.87. The van der Waals surface area contributed by atoms with E-state index in [0.717, 1.165) is 37.2 Å². The number of hydrogen-bond acceptors (Lipinski definition) is 3. The third-order valence-corrected chi connectivity index (χ3v) is 5.90. The summed E-state index contributed by atoms with van der Waals surface area (Å²) in [5.41, 5.74) is 0.